The van der Waals surface area contributed by atoms with Crippen molar-refractivity contribution in [2.24, 2.45) is 0 Å². The van der Waals surface area contributed by atoms with Gasteiger partial charge in [-0.1, -0.05) is 6.92 Å². The molecule has 0 spiro atoms. The maximum atomic E-state index is 11.1. The molecule has 5 heteroatoms. The predicted octanol–water partition coefficient (Wildman–Crippen LogP) is 0.172. The van der Waals surface area contributed by atoms with Crippen LogP contribution in [0.3, 0.4) is 0 Å². The average Bonchev–Trinajstić information content (AvgIpc) is 2.10. The van der Waals surface area contributed by atoms with Crippen LogP contribution in [0.5, 0.6) is 0 Å². The topological polar surface area (TPSA) is 66.4 Å². The highest BCUT2D eigenvalue weighted by atomic mass is 32.2. The van der Waals surface area contributed by atoms with E-state index in [1.165, 1.54) is 0 Å². The molecule has 2 N–H and O–H groups in total. The molecule has 0 radical (unpaired) electrons. The van der Waals surface area contributed by atoms with Crippen LogP contribution >= 0.6 is 0 Å². The summed E-state index contributed by atoms with van der Waals surface area (Å²) in [5, 5.41) is 12.0. The van der Waals surface area contributed by atoms with Crippen molar-refractivity contribution in [2.45, 2.75) is 32.8 Å². The number of nitrogens with one attached hydrogen (secondary N) is 1. The molecule has 0 saturated carbocycles. The Morgan fingerprint density at radius 1 is 1.36 bits per heavy atom. The Morgan fingerprint density at radius 2 is 2.00 bits per heavy atom. The molecule has 0 amide bonds. The van der Waals surface area contributed by atoms with Crippen molar-refractivity contribution in [3.8, 4) is 0 Å². The fourth-order valence-corrected chi connectivity index (χ4v) is 1.76. The normalized spacial score (nSPS) is 14.2. The van der Waals surface area contributed by atoms with Crippen LogP contribution in [0, 0.1) is 0 Å². The standard InChI is InChI=1S/C9H21NO3S/c1-3-14(12,13)8-7-10-6-4-5-9(2)11/h9-11H,3-8H2,1-2H3. The fourth-order valence-electron chi connectivity index (χ4n) is 1.02. The molecule has 86 valence electrons. The summed E-state index contributed by atoms with van der Waals surface area (Å²) < 4.78 is 22.1. The Bertz CT molecular complexity index is 224. The first-order chi connectivity index (χ1) is 6.48. The molecule has 1 atom stereocenters. The van der Waals surface area contributed by atoms with Crippen molar-refractivity contribution in [3.63, 3.8) is 0 Å². The minimum absolute atomic E-state index is 0.207. The third-order valence-electron chi connectivity index (χ3n) is 2.01. The van der Waals surface area contributed by atoms with E-state index < -0.39 is 9.84 Å². The minimum atomic E-state index is -2.83. The van der Waals surface area contributed by atoms with Crippen LogP contribution in [0.4, 0.5) is 0 Å². The summed E-state index contributed by atoms with van der Waals surface area (Å²) in [6, 6.07) is 0. The molecule has 0 aromatic heterocycles. The number of aliphatic hydroxyl groups excluding tert-OH is 1. The van der Waals surface area contributed by atoms with Gasteiger partial charge in [0.1, 0.15) is 0 Å². The molecular formula is C9H21NO3S. The summed E-state index contributed by atoms with van der Waals surface area (Å²) >= 11 is 0. The van der Waals surface area contributed by atoms with Gasteiger partial charge in [0.25, 0.3) is 0 Å². The monoisotopic (exact) mass is 223 g/mol. The summed E-state index contributed by atoms with van der Waals surface area (Å²) in [6.07, 6.45) is 1.37. The molecule has 0 aromatic carbocycles. The Labute approximate surface area is 86.6 Å². The zero-order valence-electron chi connectivity index (χ0n) is 8.99. The largest absolute Gasteiger partial charge is 0.393 e. The van der Waals surface area contributed by atoms with Crippen LogP contribution < -0.4 is 5.32 Å². The third kappa shape index (κ3) is 8.47. The summed E-state index contributed by atoms with van der Waals surface area (Å²) in [6.45, 7) is 4.68. The second kappa shape index (κ2) is 7.20. The molecule has 0 aromatic rings. The van der Waals surface area contributed by atoms with Gasteiger partial charge in [0.05, 0.1) is 11.9 Å². The lowest BCUT2D eigenvalue weighted by atomic mass is 10.2. The van der Waals surface area contributed by atoms with E-state index in [1.54, 1.807) is 13.8 Å². The van der Waals surface area contributed by atoms with Crippen molar-refractivity contribution in [2.75, 3.05) is 24.6 Å². The van der Waals surface area contributed by atoms with Gasteiger partial charge in [-0.05, 0) is 26.3 Å². The van der Waals surface area contributed by atoms with Crippen molar-refractivity contribution in [1.82, 2.24) is 5.32 Å². The van der Waals surface area contributed by atoms with Gasteiger partial charge in [0, 0.05) is 12.3 Å². The lowest BCUT2D eigenvalue weighted by Crippen LogP contribution is -2.25. The Hall–Kier alpha value is -0.130. The lowest BCUT2D eigenvalue weighted by molar-refractivity contribution is 0.181. The van der Waals surface area contributed by atoms with Gasteiger partial charge < -0.3 is 10.4 Å². The second-order valence-corrected chi connectivity index (χ2v) is 5.95. The van der Waals surface area contributed by atoms with E-state index >= 15 is 0 Å². The summed E-state index contributed by atoms with van der Waals surface area (Å²) in [7, 11) is -2.83. The van der Waals surface area contributed by atoms with E-state index in [0.717, 1.165) is 19.4 Å². The molecule has 0 rings (SSSR count). The van der Waals surface area contributed by atoms with Crippen LogP contribution in [0.15, 0.2) is 0 Å². The first-order valence-electron chi connectivity index (χ1n) is 5.07. The smallest absolute Gasteiger partial charge is 0.151 e. The summed E-state index contributed by atoms with van der Waals surface area (Å²) in [4.78, 5) is 0. The third-order valence-corrected chi connectivity index (χ3v) is 3.71. The number of sulfone groups is 1. The molecule has 0 heterocycles. The highest BCUT2D eigenvalue weighted by molar-refractivity contribution is 7.91. The maximum absolute atomic E-state index is 11.1. The predicted molar refractivity (Wildman–Crippen MR) is 58.1 cm³/mol. The molecule has 1 unspecified atom stereocenters. The fraction of sp³-hybridized carbons (Fsp3) is 1.00. The van der Waals surface area contributed by atoms with Crippen molar-refractivity contribution >= 4 is 9.84 Å². The molecular weight excluding hydrogens is 202 g/mol. The van der Waals surface area contributed by atoms with Crippen molar-refractivity contribution in [1.29, 1.82) is 0 Å². The van der Waals surface area contributed by atoms with Crippen LogP contribution in [0.1, 0.15) is 26.7 Å². The molecule has 0 saturated heterocycles. The minimum Gasteiger partial charge on any atom is -0.393 e. The lowest BCUT2D eigenvalue weighted by Gasteiger charge is -2.05. The van der Waals surface area contributed by atoms with Crippen LogP contribution in [-0.2, 0) is 9.84 Å². The Kier molecular flexibility index (Phi) is 7.13. The molecule has 0 aliphatic carbocycles. The summed E-state index contributed by atoms with van der Waals surface area (Å²) in [5.74, 6) is 0.417. The van der Waals surface area contributed by atoms with Gasteiger partial charge in [-0.2, -0.15) is 0 Å². The molecule has 0 aliphatic rings. The summed E-state index contributed by atoms with van der Waals surface area (Å²) in [5.41, 5.74) is 0. The first kappa shape index (κ1) is 13.9. The number of rotatable bonds is 8. The van der Waals surface area contributed by atoms with Gasteiger partial charge in [0.15, 0.2) is 9.84 Å². The number of hydrogen-bond acceptors (Lipinski definition) is 4. The van der Waals surface area contributed by atoms with Crippen molar-refractivity contribution in [3.05, 3.63) is 0 Å². The van der Waals surface area contributed by atoms with E-state index in [-0.39, 0.29) is 17.6 Å². The van der Waals surface area contributed by atoms with Gasteiger partial charge in [-0.15, -0.1) is 0 Å². The number of aliphatic hydroxyl groups is 1. The SMILES string of the molecule is CCS(=O)(=O)CCNCCCC(C)O. The molecule has 0 bridgehead atoms. The van der Waals surface area contributed by atoms with Crippen LogP contribution in [0.2, 0.25) is 0 Å². The molecule has 4 nitrogen and oxygen atoms in total. The van der Waals surface area contributed by atoms with Crippen LogP contribution in [0.25, 0.3) is 0 Å². The average molecular weight is 223 g/mol. The highest BCUT2D eigenvalue weighted by Gasteiger charge is 2.05. The number of hydrogen-bond donors (Lipinski definition) is 2. The zero-order valence-corrected chi connectivity index (χ0v) is 9.81. The first-order valence-corrected chi connectivity index (χ1v) is 6.89. The van der Waals surface area contributed by atoms with E-state index in [9.17, 15) is 8.42 Å². The van der Waals surface area contributed by atoms with Gasteiger partial charge in [-0.25, -0.2) is 8.42 Å². The van der Waals surface area contributed by atoms with E-state index in [1.807, 2.05) is 0 Å². The second-order valence-electron chi connectivity index (χ2n) is 3.48. The van der Waals surface area contributed by atoms with Crippen LogP contribution in [-0.4, -0.2) is 44.2 Å². The molecule has 0 aliphatic heterocycles. The van der Waals surface area contributed by atoms with E-state index in [2.05, 4.69) is 5.32 Å². The quantitative estimate of drug-likeness (QED) is 0.576. The van der Waals surface area contributed by atoms with Gasteiger partial charge >= 0.3 is 0 Å². The van der Waals surface area contributed by atoms with Gasteiger partial charge in [0.2, 0.25) is 0 Å². The van der Waals surface area contributed by atoms with E-state index in [4.69, 9.17) is 5.11 Å². The maximum Gasteiger partial charge on any atom is 0.151 e. The highest BCUT2D eigenvalue weighted by Crippen LogP contribution is 1.93. The van der Waals surface area contributed by atoms with E-state index in [0.29, 0.717) is 6.54 Å². The van der Waals surface area contributed by atoms with Gasteiger partial charge in [-0.3, -0.25) is 0 Å². The van der Waals surface area contributed by atoms with Crippen molar-refractivity contribution < 1.29 is 13.5 Å². The molecule has 14 heavy (non-hydrogen) atoms. The zero-order chi connectivity index (χ0) is 11.0. The molecule has 0 fully saturated rings. The Morgan fingerprint density at radius 3 is 2.50 bits per heavy atom. The Balaban J connectivity index is 3.31.